The lowest BCUT2D eigenvalue weighted by molar-refractivity contribution is -0.112. The topological polar surface area (TPSA) is 103 Å². The van der Waals surface area contributed by atoms with Crippen LogP contribution in [0.4, 0.5) is 5.69 Å². The summed E-state index contributed by atoms with van der Waals surface area (Å²) in [4.78, 5) is 23.4. The maximum Gasteiger partial charge on any atom is 0.335 e. The molecule has 0 spiro atoms. The van der Waals surface area contributed by atoms with E-state index in [1.165, 1.54) is 12.1 Å². The minimum Gasteiger partial charge on any atom is -0.478 e. The van der Waals surface area contributed by atoms with Crippen LogP contribution in [-0.2, 0) is 4.79 Å². The first-order chi connectivity index (χ1) is 13.9. The Morgan fingerprint density at radius 3 is 2.48 bits per heavy atom. The molecule has 2 N–H and O–H groups in total. The molecule has 0 fully saturated rings. The van der Waals surface area contributed by atoms with Crippen molar-refractivity contribution >= 4 is 35.2 Å². The summed E-state index contributed by atoms with van der Waals surface area (Å²) in [5.74, 6) is -0.756. The van der Waals surface area contributed by atoms with Crippen LogP contribution in [0.1, 0.15) is 21.7 Å². The van der Waals surface area contributed by atoms with Gasteiger partial charge < -0.3 is 14.8 Å². The number of nitrogens with one attached hydrogen (secondary N) is 1. The first-order valence-electron chi connectivity index (χ1n) is 8.50. The number of amides is 1. The number of carbonyl (C=O) groups is 2. The molecule has 0 aliphatic heterocycles. The van der Waals surface area contributed by atoms with Crippen LogP contribution in [0, 0.1) is 18.3 Å². The molecular weight excluding hydrogens is 392 g/mol. The number of aryl methyl sites for hydroxylation is 1. The molecule has 144 valence electrons. The zero-order chi connectivity index (χ0) is 21.0. The van der Waals surface area contributed by atoms with Gasteiger partial charge in [-0.2, -0.15) is 5.26 Å². The number of aromatic carboxylic acids is 1. The summed E-state index contributed by atoms with van der Waals surface area (Å²) < 4.78 is 5.73. The number of halogens is 1. The average molecular weight is 407 g/mol. The summed E-state index contributed by atoms with van der Waals surface area (Å²) in [7, 11) is 0. The van der Waals surface area contributed by atoms with Gasteiger partial charge in [-0.15, -0.1) is 0 Å². The third kappa shape index (κ3) is 4.72. The van der Waals surface area contributed by atoms with Gasteiger partial charge in [0.15, 0.2) is 0 Å². The van der Waals surface area contributed by atoms with Crippen molar-refractivity contribution < 1.29 is 19.1 Å². The zero-order valence-corrected chi connectivity index (χ0v) is 16.0. The van der Waals surface area contributed by atoms with E-state index in [9.17, 15) is 14.9 Å². The number of carboxylic acid groups (broad SMARTS) is 1. The van der Waals surface area contributed by atoms with E-state index in [1.807, 2.05) is 6.07 Å². The number of nitriles is 1. The first kappa shape index (κ1) is 19.9. The van der Waals surface area contributed by atoms with Crippen LogP contribution in [0.2, 0.25) is 5.02 Å². The van der Waals surface area contributed by atoms with Crippen LogP contribution in [0.3, 0.4) is 0 Å². The van der Waals surface area contributed by atoms with Crippen molar-refractivity contribution in [1.82, 2.24) is 0 Å². The Morgan fingerprint density at radius 2 is 1.86 bits per heavy atom. The van der Waals surface area contributed by atoms with Crippen molar-refractivity contribution in [3.63, 3.8) is 0 Å². The van der Waals surface area contributed by atoms with Crippen molar-refractivity contribution in [3.8, 4) is 17.4 Å². The molecule has 0 aliphatic rings. The zero-order valence-electron chi connectivity index (χ0n) is 15.3. The standard InChI is InChI=1S/C22H15ClN2O4/c1-13-10-14(22(27)28)2-8-19(13)20-9-7-18(29-20)11-15(12-24)21(26)25-17-5-3-16(23)4-6-17/h2-11H,1H3,(H,25,26)(H,27,28)/b15-11-. The lowest BCUT2D eigenvalue weighted by atomic mass is 10.0. The highest BCUT2D eigenvalue weighted by atomic mass is 35.5. The van der Waals surface area contributed by atoms with E-state index in [0.29, 0.717) is 22.2 Å². The van der Waals surface area contributed by atoms with Crippen LogP contribution >= 0.6 is 11.6 Å². The molecule has 6 nitrogen and oxygen atoms in total. The molecule has 7 heteroatoms. The second-order valence-electron chi connectivity index (χ2n) is 6.17. The largest absolute Gasteiger partial charge is 0.478 e. The van der Waals surface area contributed by atoms with E-state index < -0.39 is 11.9 Å². The summed E-state index contributed by atoms with van der Waals surface area (Å²) in [6.45, 7) is 1.78. The van der Waals surface area contributed by atoms with Gasteiger partial charge in [0.2, 0.25) is 0 Å². The quantitative estimate of drug-likeness (QED) is 0.450. The number of carboxylic acids is 1. The number of anilines is 1. The van der Waals surface area contributed by atoms with Crippen molar-refractivity contribution in [3.05, 3.63) is 82.1 Å². The normalized spacial score (nSPS) is 11.0. The van der Waals surface area contributed by atoms with E-state index in [0.717, 1.165) is 11.1 Å². The van der Waals surface area contributed by atoms with Gasteiger partial charge >= 0.3 is 5.97 Å². The second-order valence-corrected chi connectivity index (χ2v) is 6.60. The van der Waals surface area contributed by atoms with E-state index in [2.05, 4.69) is 5.32 Å². The highest BCUT2D eigenvalue weighted by Crippen LogP contribution is 2.27. The molecule has 0 saturated carbocycles. The predicted molar refractivity (Wildman–Crippen MR) is 110 cm³/mol. The van der Waals surface area contributed by atoms with Crippen LogP contribution in [0.25, 0.3) is 17.4 Å². The number of carbonyl (C=O) groups excluding carboxylic acids is 1. The SMILES string of the molecule is Cc1cc(C(=O)O)ccc1-c1ccc(/C=C(/C#N)C(=O)Nc2ccc(Cl)cc2)o1. The molecular formula is C22H15ClN2O4. The fourth-order valence-corrected chi connectivity index (χ4v) is 2.80. The summed E-state index contributed by atoms with van der Waals surface area (Å²) in [6, 6.07) is 16.4. The Balaban J connectivity index is 1.82. The molecule has 2 aromatic carbocycles. The van der Waals surface area contributed by atoms with Gasteiger partial charge in [0.25, 0.3) is 5.91 Å². The minimum atomic E-state index is -1.01. The van der Waals surface area contributed by atoms with Crippen LogP contribution < -0.4 is 5.32 Å². The molecule has 0 bridgehead atoms. The maximum atomic E-state index is 12.3. The van der Waals surface area contributed by atoms with Gasteiger partial charge in [0, 0.05) is 22.3 Å². The van der Waals surface area contributed by atoms with E-state index in [4.69, 9.17) is 21.1 Å². The Labute approximate surface area is 171 Å². The fraction of sp³-hybridized carbons (Fsp3) is 0.0455. The van der Waals surface area contributed by atoms with Crippen LogP contribution in [0.15, 0.2) is 64.6 Å². The molecule has 0 atom stereocenters. The van der Waals surface area contributed by atoms with E-state index in [1.54, 1.807) is 55.5 Å². The van der Waals surface area contributed by atoms with Crippen molar-refractivity contribution in [2.75, 3.05) is 5.32 Å². The monoisotopic (exact) mass is 406 g/mol. The number of nitrogens with zero attached hydrogens (tertiary/aromatic N) is 1. The first-order valence-corrected chi connectivity index (χ1v) is 8.88. The van der Waals surface area contributed by atoms with Gasteiger partial charge in [0.1, 0.15) is 23.2 Å². The van der Waals surface area contributed by atoms with Crippen LogP contribution in [0.5, 0.6) is 0 Å². The summed E-state index contributed by atoms with van der Waals surface area (Å²) in [5.41, 5.74) is 2.02. The van der Waals surface area contributed by atoms with Gasteiger partial charge in [-0.25, -0.2) is 4.79 Å². The van der Waals surface area contributed by atoms with E-state index in [-0.39, 0.29) is 11.1 Å². The number of furan rings is 1. The third-order valence-electron chi connectivity index (χ3n) is 4.12. The molecule has 0 radical (unpaired) electrons. The molecule has 3 aromatic rings. The summed E-state index contributed by atoms with van der Waals surface area (Å²) >= 11 is 5.82. The number of hydrogen-bond donors (Lipinski definition) is 2. The minimum absolute atomic E-state index is 0.126. The van der Waals surface area contributed by atoms with Gasteiger partial charge in [0.05, 0.1) is 5.56 Å². The van der Waals surface area contributed by atoms with Gasteiger partial charge in [-0.05, 0) is 61.0 Å². The fourth-order valence-electron chi connectivity index (χ4n) is 2.67. The molecule has 1 amide bonds. The Bertz CT molecular complexity index is 1150. The van der Waals surface area contributed by atoms with E-state index >= 15 is 0 Å². The Morgan fingerprint density at radius 1 is 1.14 bits per heavy atom. The highest BCUT2D eigenvalue weighted by Gasteiger charge is 2.13. The summed E-state index contributed by atoms with van der Waals surface area (Å²) in [6.07, 6.45) is 1.34. The molecule has 0 unspecified atom stereocenters. The van der Waals surface area contributed by atoms with Gasteiger partial charge in [-0.1, -0.05) is 17.7 Å². The molecule has 3 rings (SSSR count). The smallest absolute Gasteiger partial charge is 0.335 e. The molecule has 1 heterocycles. The highest BCUT2D eigenvalue weighted by molar-refractivity contribution is 6.30. The molecule has 29 heavy (non-hydrogen) atoms. The van der Waals surface area contributed by atoms with Crippen molar-refractivity contribution in [2.45, 2.75) is 6.92 Å². The molecule has 0 aliphatic carbocycles. The lowest BCUT2D eigenvalue weighted by Crippen LogP contribution is -2.13. The van der Waals surface area contributed by atoms with Gasteiger partial charge in [-0.3, -0.25) is 4.79 Å². The molecule has 1 aromatic heterocycles. The second kappa shape index (κ2) is 8.46. The number of hydrogen-bond acceptors (Lipinski definition) is 4. The average Bonchev–Trinajstić information content (AvgIpc) is 3.16. The lowest BCUT2D eigenvalue weighted by Gasteiger charge is -2.04. The third-order valence-corrected chi connectivity index (χ3v) is 4.37. The van der Waals surface area contributed by atoms with Crippen molar-refractivity contribution in [1.29, 1.82) is 5.26 Å². The molecule has 0 saturated heterocycles. The maximum absolute atomic E-state index is 12.3. The Hall–Kier alpha value is -3.82. The summed E-state index contributed by atoms with van der Waals surface area (Å²) in [5, 5.41) is 21.6. The van der Waals surface area contributed by atoms with Crippen molar-refractivity contribution in [2.24, 2.45) is 0 Å². The number of benzene rings is 2. The number of rotatable bonds is 5. The predicted octanol–water partition coefficient (Wildman–Crippen LogP) is 5.15. The van der Waals surface area contributed by atoms with Crippen LogP contribution in [-0.4, -0.2) is 17.0 Å². The Kier molecular flexibility index (Phi) is 5.82.